The Hall–Kier alpha value is -3.12. The Morgan fingerprint density at radius 2 is 1.68 bits per heavy atom. The Bertz CT molecular complexity index is 1090. The van der Waals surface area contributed by atoms with Gasteiger partial charge in [-0.3, -0.25) is 0 Å². The molecular weight excluding hydrogens is 534 g/mol. The van der Waals surface area contributed by atoms with E-state index < -0.39 is 42.4 Å². The molecule has 2 aromatic rings. The van der Waals surface area contributed by atoms with E-state index in [9.17, 15) is 36.2 Å². The first-order valence-electron chi connectivity index (χ1n) is 10.8. The lowest BCUT2D eigenvalue weighted by atomic mass is 10.1. The van der Waals surface area contributed by atoms with Gasteiger partial charge < -0.3 is 24.1 Å². The van der Waals surface area contributed by atoms with Crippen LogP contribution < -0.4 is 14.2 Å². The average Bonchev–Trinajstić information content (AvgIpc) is 2.75. The lowest BCUT2D eigenvalue weighted by Crippen LogP contribution is -2.26. The minimum Gasteiger partial charge on any atom is -0.484 e. The second-order valence-corrected chi connectivity index (χ2v) is 7.91. The molecular formula is C24H23ClF6O6. The van der Waals surface area contributed by atoms with Crippen LogP contribution in [-0.2, 0) is 22.4 Å². The number of rotatable bonds is 12. The molecule has 0 unspecified atom stereocenters. The summed E-state index contributed by atoms with van der Waals surface area (Å²) in [5.41, 5.74) is 0.436. The highest BCUT2D eigenvalue weighted by atomic mass is 35.5. The Kier molecular flexibility index (Phi) is 10.5. The van der Waals surface area contributed by atoms with Gasteiger partial charge in [0.15, 0.2) is 6.10 Å². The van der Waals surface area contributed by atoms with Crippen LogP contribution in [0.15, 0.2) is 48.6 Å². The largest absolute Gasteiger partial charge is 0.573 e. The number of hydrogen-bond acceptors (Lipinski definition) is 5. The monoisotopic (exact) mass is 556 g/mol. The van der Waals surface area contributed by atoms with Crippen LogP contribution in [0.4, 0.5) is 26.3 Å². The number of hydrogen-bond donors (Lipinski definition) is 1. The molecule has 0 aliphatic rings. The van der Waals surface area contributed by atoms with Crippen LogP contribution in [0.1, 0.15) is 25.0 Å². The molecule has 6 nitrogen and oxygen atoms in total. The van der Waals surface area contributed by atoms with Gasteiger partial charge in [0.1, 0.15) is 23.4 Å². The topological polar surface area (TPSA) is 74.2 Å². The van der Waals surface area contributed by atoms with Crippen molar-refractivity contribution in [2.24, 2.45) is 0 Å². The number of carboxylic acids is 1. The van der Waals surface area contributed by atoms with Gasteiger partial charge in [0.2, 0.25) is 0 Å². The van der Waals surface area contributed by atoms with Crippen molar-refractivity contribution in [3.05, 3.63) is 64.7 Å². The van der Waals surface area contributed by atoms with Crippen LogP contribution in [0, 0.1) is 0 Å². The normalized spacial score (nSPS) is 13.9. The fourth-order valence-electron chi connectivity index (χ4n) is 3.26. The number of ether oxygens (including phenoxy) is 4. The Morgan fingerprint density at radius 3 is 2.22 bits per heavy atom. The maximum absolute atomic E-state index is 12.9. The zero-order valence-corrected chi connectivity index (χ0v) is 20.3. The van der Waals surface area contributed by atoms with Gasteiger partial charge in [-0.25, -0.2) is 4.79 Å². The quantitative estimate of drug-likeness (QED) is 0.231. The van der Waals surface area contributed by atoms with Crippen LogP contribution >= 0.6 is 11.6 Å². The molecule has 0 radical (unpaired) electrons. The van der Waals surface area contributed by atoms with Gasteiger partial charge in [-0.1, -0.05) is 29.8 Å². The molecule has 0 saturated heterocycles. The van der Waals surface area contributed by atoms with E-state index in [-0.39, 0.29) is 35.8 Å². The third kappa shape index (κ3) is 10.4. The number of carboxylic acid groups (broad SMARTS) is 1. The van der Waals surface area contributed by atoms with Crippen LogP contribution in [0.2, 0.25) is 5.02 Å². The molecule has 0 aliphatic carbocycles. The zero-order valence-electron chi connectivity index (χ0n) is 19.5. The molecule has 37 heavy (non-hydrogen) atoms. The number of alkyl halides is 6. The summed E-state index contributed by atoms with van der Waals surface area (Å²) < 4.78 is 94.9. The highest BCUT2D eigenvalue weighted by Gasteiger charge is 2.34. The fourth-order valence-corrected chi connectivity index (χ4v) is 3.51. The van der Waals surface area contributed by atoms with Gasteiger partial charge in [-0.2, -0.15) is 0 Å². The minimum atomic E-state index is -5.17. The third-order valence-corrected chi connectivity index (χ3v) is 4.96. The van der Waals surface area contributed by atoms with E-state index in [0.717, 1.165) is 12.1 Å². The van der Waals surface area contributed by atoms with E-state index in [1.54, 1.807) is 26.0 Å². The molecule has 0 bridgehead atoms. The van der Waals surface area contributed by atoms with Gasteiger partial charge in [-0.15, -0.1) is 26.3 Å². The third-order valence-electron chi connectivity index (χ3n) is 4.67. The molecule has 0 heterocycles. The molecule has 2 aromatic carbocycles. The summed E-state index contributed by atoms with van der Waals surface area (Å²) in [4.78, 5) is 11.3. The molecule has 0 fully saturated rings. The SMILES string of the molecule is C/C=C\[C@H](Cc1ccc(OC(F)(F)F)cc1OC(F)(F)F)Oc1ccc(C[C@H](OCC)C(=O)O)cc1Cl. The van der Waals surface area contributed by atoms with Gasteiger partial charge in [0, 0.05) is 25.5 Å². The lowest BCUT2D eigenvalue weighted by molar-refractivity contribution is -0.276. The maximum Gasteiger partial charge on any atom is 0.573 e. The molecule has 1 N–H and O–H groups in total. The van der Waals surface area contributed by atoms with Crippen LogP contribution in [0.5, 0.6) is 17.2 Å². The predicted octanol–water partition coefficient (Wildman–Crippen LogP) is 6.74. The van der Waals surface area contributed by atoms with E-state index >= 15 is 0 Å². The van der Waals surface area contributed by atoms with Crippen molar-refractivity contribution in [2.75, 3.05) is 6.61 Å². The van der Waals surface area contributed by atoms with Crippen molar-refractivity contribution >= 4 is 17.6 Å². The van der Waals surface area contributed by atoms with E-state index in [4.69, 9.17) is 21.1 Å². The van der Waals surface area contributed by atoms with Crippen molar-refractivity contribution in [3.63, 3.8) is 0 Å². The summed E-state index contributed by atoms with van der Waals surface area (Å²) in [6.07, 6.45) is -9.37. The number of aliphatic carboxylic acids is 1. The van der Waals surface area contributed by atoms with Crippen LogP contribution in [0.3, 0.4) is 0 Å². The van der Waals surface area contributed by atoms with Gasteiger partial charge in [0.05, 0.1) is 5.02 Å². The molecule has 13 heteroatoms. The van der Waals surface area contributed by atoms with Crippen LogP contribution in [-0.4, -0.2) is 42.6 Å². The van der Waals surface area contributed by atoms with Crippen LogP contribution in [0.25, 0.3) is 0 Å². The Morgan fingerprint density at radius 1 is 1.00 bits per heavy atom. The second-order valence-electron chi connectivity index (χ2n) is 7.50. The summed E-state index contributed by atoms with van der Waals surface area (Å²) in [6, 6.07) is 6.85. The van der Waals surface area contributed by atoms with E-state index in [0.29, 0.717) is 11.6 Å². The predicted molar refractivity (Wildman–Crippen MR) is 121 cm³/mol. The Balaban J connectivity index is 2.28. The standard InChI is InChI=1S/C24H23ClF6O6/c1-3-5-16(35-19-9-6-14(10-18(19)25)11-21(22(32)33)34-4-2)12-15-7-8-17(36-23(26,27)28)13-20(15)37-24(29,30)31/h3,5-10,13,16,21H,4,11-12H2,1-2H3,(H,32,33)/b5-3-/t16-,21+/m1/s1. The van der Waals surface area contributed by atoms with Crippen molar-refractivity contribution in [1.82, 2.24) is 0 Å². The second kappa shape index (κ2) is 12.9. The van der Waals surface area contributed by atoms with Gasteiger partial charge >= 0.3 is 18.7 Å². The highest BCUT2D eigenvalue weighted by molar-refractivity contribution is 6.32. The summed E-state index contributed by atoms with van der Waals surface area (Å²) in [7, 11) is 0. The number of carbonyl (C=O) groups is 1. The molecule has 204 valence electrons. The molecule has 2 atom stereocenters. The zero-order chi connectivity index (χ0) is 27.8. The number of halogens is 7. The van der Waals surface area contributed by atoms with E-state index in [1.165, 1.54) is 18.2 Å². The summed E-state index contributed by atoms with van der Waals surface area (Å²) in [5, 5.41) is 9.34. The summed E-state index contributed by atoms with van der Waals surface area (Å²) in [5.74, 6) is -2.77. The van der Waals surface area contributed by atoms with Crippen molar-refractivity contribution in [3.8, 4) is 17.2 Å². The summed E-state index contributed by atoms with van der Waals surface area (Å²) >= 11 is 6.28. The minimum absolute atomic E-state index is 0.0337. The first-order chi connectivity index (χ1) is 17.2. The van der Waals surface area contributed by atoms with Gasteiger partial charge in [0.25, 0.3) is 0 Å². The van der Waals surface area contributed by atoms with Crippen molar-refractivity contribution < 1.29 is 55.2 Å². The molecule has 2 rings (SSSR count). The lowest BCUT2D eigenvalue weighted by Gasteiger charge is -2.20. The number of allylic oxidation sites excluding steroid dienone is 1. The smallest absolute Gasteiger partial charge is 0.484 e. The highest BCUT2D eigenvalue weighted by Crippen LogP contribution is 2.34. The van der Waals surface area contributed by atoms with E-state index in [2.05, 4.69) is 9.47 Å². The maximum atomic E-state index is 12.9. The molecule has 0 aliphatic heterocycles. The van der Waals surface area contributed by atoms with Gasteiger partial charge in [-0.05, 0) is 49.2 Å². The van der Waals surface area contributed by atoms with Crippen molar-refractivity contribution in [1.29, 1.82) is 0 Å². The van der Waals surface area contributed by atoms with Crippen molar-refractivity contribution in [2.45, 2.75) is 51.6 Å². The molecule has 0 amide bonds. The molecule has 0 aromatic heterocycles. The average molecular weight is 557 g/mol. The first-order valence-corrected chi connectivity index (χ1v) is 11.1. The molecule has 0 spiro atoms. The molecule has 0 saturated carbocycles. The number of benzene rings is 2. The summed E-state index contributed by atoms with van der Waals surface area (Å²) in [6.45, 7) is 3.48. The Labute approximate surface area is 213 Å². The first kappa shape index (κ1) is 30.1. The van der Waals surface area contributed by atoms with E-state index in [1.807, 2.05) is 0 Å². The fraction of sp³-hybridized carbons (Fsp3) is 0.375.